The zero-order valence-corrected chi connectivity index (χ0v) is 12.3. The molecule has 2 nitrogen and oxygen atoms in total. The van der Waals surface area contributed by atoms with Crippen LogP contribution in [0.3, 0.4) is 0 Å². The Hall–Kier alpha value is -0.340. The quantitative estimate of drug-likeness (QED) is 0.753. The zero-order chi connectivity index (χ0) is 13.0. The van der Waals surface area contributed by atoms with Crippen LogP contribution >= 0.6 is 0 Å². The molecule has 0 radical (unpaired) electrons. The van der Waals surface area contributed by atoms with Crippen molar-refractivity contribution in [3.8, 4) is 0 Å². The van der Waals surface area contributed by atoms with E-state index in [1.54, 1.807) is 0 Å². The van der Waals surface area contributed by atoms with Gasteiger partial charge in [-0.2, -0.15) is 0 Å². The second-order valence-electron chi connectivity index (χ2n) is 6.22. The molecule has 2 rings (SSSR count). The van der Waals surface area contributed by atoms with Crippen LogP contribution in [0.4, 0.5) is 0 Å². The van der Waals surface area contributed by atoms with Gasteiger partial charge in [-0.1, -0.05) is 30.9 Å². The molecule has 2 atom stereocenters. The first-order chi connectivity index (χ1) is 8.69. The van der Waals surface area contributed by atoms with E-state index in [1.807, 2.05) is 0 Å². The second kappa shape index (κ2) is 6.21. The molecule has 0 heterocycles. The maximum absolute atomic E-state index is 5.97. The summed E-state index contributed by atoms with van der Waals surface area (Å²) in [7, 11) is 0. The summed E-state index contributed by atoms with van der Waals surface area (Å²) in [5.41, 5.74) is 1.87. The molecule has 0 aliphatic heterocycles. The van der Waals surface area contributed by atoms with E-state index in [2.05, 4.69) is 32.2 Å². The largest absolute Gasteiger partial charge is 0.378 e. The fourth-order valence-corrected chi connectivity index (χ4v) is 3.75. The Kier molecular flexibility index (Phi) is 4.85. The van der Waals surface area contributed by atoms with Gasteiger partial charge in [0.25, 0.3) is 0 Å². The Morgan fingerprint density at radius 2 is 2.00 bits per heavy atom. The molecule has 2 saturated carbocycles. The van der Waals surface area contributed by atoms with Gasteiger partial charge in [-0.15, -0.1) is 0 Å². The van der Waals surface area contributed by atoms with Crippen molar-refractivity contribution >= 4 is 0 Å². The predicted molar refractivity (Wildman–Crippen MR) is 76.8 cm³/mol. The van der Waals surface area contributed by atoms with Crippen molar-refractivity contribution in [2.24, 2.45) is 5.41 Å². The number of nitrogens with one attached hydrogen (secondary N) is 1. The van der Waals surface area contributed by atoms with E-state index in [-0.39, 0.29) is 0 Å². The van der Waals surface area contributed by atoms with Crippen LogP contribution in [0, 0.1) is 5.41 Å². The Morgan fingerprint density at radius 3 is 2.61 bits per heavy atom. The SMILES string of the molecule is CCOC1CC(NCC=C(C)C)C12CCCCC2. The van der Waals surface area contributed by atoms with E-state index in [1.165, 1.54) is 44.1 Å². The van der Waals surface area contributed by atoms with Crippen LogP contribution in [0.2, 0.25) is 0 Å². The van der Waals surface area contributed by atoms with Gasteiger partial charge in [-0.3, -0.25) is 0 Å². The molecule has 0 bridgehead atoms. The highest BCUT2D eigenvalue weighted by molar-refractivity contribution is 5.10. The molecule has 1 spiro atoms. The third-order valence-electron chi connectivity index (χ3n) is 4.81. The van der Waals surface area contributed by atoms with E-state index in [0.29, 0.717) is 17.6 Å². The fraction of sp³-hybridized carbons (Fsp3) is 0.875. The molecular formula is C16H29NO. The third-order valence-corrected chi connectivity index (χ3v) is 4.81. The predicted octanol–water partition coefficient (Wildman–Crippen LogP) is 3.67. The Bertz CT molecular complexity index is 287. The summed E-state index contributed by atoms with van der Waals surface area (Å²) < 4.78 is 5.97. The van der Waals surface area contributed by atoms with Crippen LogP contribution in [-0.2, 0) is 4.74 Å². The molecule has 2 fully saturated rings. The first-order valence-corrected chi connectivity index (χ1v) is 7.67. The summed E-state index contributed by atoms with van der Waals surface area (Å²) in [6, 6.07) is 0.685. The number of ether oxygens (including phenoxy) is 1. The highest BCUT2D eigenvalue weighted by Crippen LogP contribution is 2.53. The number of allylic oxidation sites excluding steroid dienone is 1. The topological polar surface area (TPSA) is 21.3 Å². The standard InChI is InChI=1S/C16H29NO/c1-4-18-15-12-14(17-11-8-13(2)3)16(15)9-6-5-7-10-16/h8,14-15,17H,4-7,9-12H2,1-3H3. The van der Waals surface area contributed by atoms with E-state index < -0.39 is 0 Å². The second-order valence-corrected chi connectivity index (χ2v) is 6.22. The summed E-state index contributed by atoms with van der Waals surface area (Å²) in [5, 5.41) is 3.74. The zero-order valence-electron chi connectivity index (χ0n) is 12.3. The third kappa shape index (κ3) is 2.80. The molecule has 18 heavy (non-hydrogen) atoms. The van der Waals surface area contributed by atoms with Crippen LogP contribution in [0.5, 0.6) is 0 Å². The maximum atomic E-state index is 5.97. The van der Waals surface area contributed by atoms with Gasteiger partial charge in [0.15, 0.2) is 0 Å². The lowest BCUT2D eigenvalue weighted by Crippen LogP contribution is -2.64. The van der Waals surface area contributed by atoms with Gasteiger partial charge in [0.2, 0.25) is 0 Å². The number of rotatable bonds is 5. The summed E-state index contributed by atoms with van der Waals surface area (Å²) in [4.78, 5) is 0. The van der Waals surface area contributed by atoms with Crippen LogP contribution in [-0.4, -0.2) is 25.3 Å². The van der Waals surface area contributed by atoms with Crippen molar-refractivity contribution in [2.45, 2.75) is 71.4 Å². The van der Waals surface area contributed by atoms with Crippen molar-refractivity contribution in [1.82, 2.24) is 5.32 Å². The Morgan fingerprint density at radius 1 is 1.28 bits per heavy atom. The molecule has 104 valence electrons. The lowest BCUT2D eigenvalue weighted by atomic mass is 9.55. The Labute approximate surface area is 112 Å². The van der Waals surface area contributed by atoms with Gasteiger partial charge in [0, 0.05) is 24.6 Å². The highest BCUT2D eigenvalue weighted by Gasteiger charge is 2.55. The highest BCUT2D eigenvalue weighted by atomic mass is 16.5. The average molecular weight is 251 g/mol. The van der Waals surface area contributed by atoms with E-state index in [4.69, 9.17) is 4.74 Å². The molecule has 2 unspecified atom stereocenters. The molecule has 0 amide bonds. The Balaban J connectivity index is 1.92. The molecule has 2 aliphatic carbocycles. The van der Waals surface area contributed by atoms with Gasteiger partial charge >= 0.3 is 0 Å². The normalized spacial score (nSPS) is 29.9. The van der Waals surface area contributed by atoms with Crippen molar-refractivity contribution in [2.75, 3.05) is 13.2 Å². The van der Waals surface area contributed by atoms with Crippen LogP contribution < -0.4 is 5.32 Å². The molecule has 1 N–H and O–H groups in total. The summed E-state index contributed by atoms with van der Waals surface area (Å²) in [6.45, 7) is 8.35. The van der Waals surface area contributed by atoms with E-state index in [0.717, 1.165) is 13.2 Å². The van der Waals surface area contributed by atoms with Gasteiger partial charge in [-0.25, -0.2) is 0 Å². The summed E-state index contributed by atoms with van der Waals surface area (Å²) in [6.07, 6.45) is 11.0. The lowest BCUT2D eigenvalue weighted by molar-refractivity contribution is -0.149. The minimum Gasteiger partial charge on any atom is -0.378 e. The summed E-state index contributed by atoms with van der Waals surface area (Å²) in [5.74, 6) is 0. The van der Waals surface area contributed by atoms with Gasteiger partial charge in [-0.05, 0) is 40.0 Å². The van der Waals surface area contributed by atoms with Crippen molar-refractivity contribution in [3.63, 3.8) is 0 Å². The molecule has 0 aromatic rings. The number of hydrogen-bond acceptors (Lipinski definition) is 2. The van der Waals surface area contributed by atoms with Crippen molar-refractivity contribution in [3.05, 3.63) is 11.6 Å². The first-order valence-electron chi connectivity index (χ1n) is 7.67. The molecule has 0 saturated heterocycles. The van der Waals surface area contributed by atoms with Gasteiger partial charge in [0.1, 0.15) is 0 Å². The first kappa shape index (κ1) is 14.1. The van der Waals surface area contributed by atoms with Gasteiger partial charge < -0.3 is 10.1 Å². The molecule has 0 aromatic heterocycles. The molecular weight excluding hydrogens is 222 g/mol. The number of hydrogen-bond donors (Lipinski definition) is 1. The smallest absolute Gasteiger partial charge is 0.0661 e. The average Bonchev–Trinajstić information content (AvgIpc) is 2.37. The lowest BCUT2D eigenvalue weighted by Gasteiger charge is -2.58. The minimum absolute atomic E-state index is 0.462. The van der Waals surface area contributed by atoms with Gasteiger partial charge in [0.05, 0.1) is 6.10 Å². The van der Waals surface area contributed by atoms with E-state index >= 15 is 0 Å². The fourth-order valence-electron chi connectivity index (χ4n) is 3.75. The van der Waals surface area contributed by atoms with Crippen LogP contribution in [0.1, 0.15) is 59.3 Å². The van der Waals surface area contributed by atoms with E-state index in [9.17, 15) is 0 Å². The molecule has 2 aliphatic rings. The minimum atomic E-state index is 0.462. The van der Waals surface area contributed by atoms with Crippen LogP contribution in [0.25, 0.3) is 0 Å². The van der Waals surface area contributed by atoms with Crippen molar-refractivity contribution < 1.29 is 4.74 Å². The summed E-state index contributed by atoms with van der Waals surface area (Å²) >= 11 is 0. The van der Waals surface area contributed by atoms with Crippen LogP contribution in [0.15, 0.2) is 11.6 Å². The maximum Gasteiger partial charge on any atom is 0.0661 e. The van der Waals surface area contributed by atoms with Crippen molar-refractivity contribution in [1.29, 1.82) is 0 Å². The molecule has 0 aromatic carbocycles. The monoisotopic (exact) mass is 251 g/mol. The molecule has 2 heteroatoms.